The molecule has 0 aromatic carbocycles. The second kappa shape index (κ2) is 5.14. The quantitative estimate of drug-likeness (QED) is 0.763. The first-order chi connectivity index (χ1) is 9.18. The minimum Gasteiger partial charge on any atom is -0.337 e. The highest BCUT2D eigenvalue weighted by atomic mass is 16.2. The lowest BCUT2D eigenvalue weighted by molar-refractivity contribution is -0.141. The highest BCUT2D eigenvalue weighted by Crippen LogP contribution is 2.32. The molecule has 106 valence electrons. The van der Waals surface area contributed by atoms with Gasteiger partial charge >= 0.3 is 0 Å². The fourth-order valence-electron chi connectivity index (χ4n) is 4.08. The Labute approximate surface area is 115 Å². The lowest BCUT2D eigenvalue weighted by Gasteiger charge is -2.33. The van der Waals surface area contributed by atoms with Crippen LogP contribution in [0.2, 0.25) is 0 Å². The highest BCUT2D eigenvalue weighted by Gasteiger charge is 2.41. The molecule has 2 atom stereocenters. The zero-order chi connectivity index (χ0) is 13.4. The number of hydrogen-bond donors (Lipinski definition) is 0. The molecule has 2 unspecified atom stereocenters. The van der Waals surface area contributed by atoms with Gasteiger partial charge in [0, 0.05) is 25.6 Å². The van der Waals surface area contributed by atoms with E-state index in [2.05, 4.69) is 6.92 Å². The molecule has 4 heteroatoms. The van der Waals surface area contributed by atoms with Crippen LogP contribution in [0, 0.1) is 5.92 Å². The molecule has 1 aliphatic carbocycles. The van der Waals surface area contributed by atoms with E-state index in [1.165, 1.54) is 25.7 Å². The third-order valence-electron chi connectivity index (χ3n) is 5.28. The molecule has 19 heavy (non-hydrogen) atoms. The van der Waals surface area contributed by atoms with Gasteiger partial charge in [-0.25, -0.2) is 0 Å². The summed E-state index contributed by atoms with van der Waals surface area (Å²) in [4.78, 5) is 28.6. The minimum atomic E-state index is -0.154. The number of fused-ring (bicyclic) bond motifs is 1. The summed E-state index contributed by atoms with van der Waals surface area (Å²) in [6.45, 7) is 3.59. The molecule has 2 heterocycles. The van der Waals surface area contributed by atoms with Crippen LogP contribution in [0.1, 0.15) is 51.9 Å². The Morgan fingerprint density at radius 3 is 2.53 bits per heavy atom. The van der Waals surface area contributed by atoms with Gasteiger partial charge in [0.15, 0.2) is 0 Å². The zero-order valence-electron chi connectivity index (χ0n) is 11.8. The molecule has 3 aliphatic rings. The smallest absolute Gasteiger partial charge is 0.245 e. The van der Waals surface area contributed by atoms with Crippen LogP contribution in [0.15, 0.2) is 0 Å². The van der Waals surface area contributed by atoms with E-state index in [9.17, 15) is 9.59 Å². The maximum absolute atomic E-state index is 12.7. The second-order valence-corrected chi connectivity index (χ2v) is 6.31. The van der Waals surface area contributed by atoms with E-state index in [0.29, 0.717) is 24.9 Å². The van der Waals surface area contributed by atoms with Gasteiger partial charge in [-0.2, -0.15) is 0 Å². The predicted octanol–water partition coefficient (Wildman–Crippen LogP) is 1.79. The van der Waals surface area contributed by atoms with Gasteiger partial charge in [0.1, 0.15) is 6.04 Å². The van der Waals surface area contributed by atoms with E-state index in [-0.39, 0.29) is 17.9 Å². The van der Waals surface area contributed by atoms with E-state index < -0.39 is 0 Å². The summed E-state index contributed by atoms with van der Waals surface area (Å²) < 4.78 is 0. The Morgan fingerprint density at radius 2 is 1.79 bits per heavy atom. The van der Waals surface area contributed by atoms with Crippen molar-refractivity contribution in [1.82, 2.24) is 9.80 Å². The van der Waals surface area contributed by atoms with Crippen LogP contribution in [0.3, 0.4) is 0 Å². The van der Waals surface area contributed by atoms with Gasteiger partial charge < -0.3 is 9.80 Å². The molecule has 0 aromatic heterocycles. The van der Waals surface area contributed by atoms with E-state index in [0.717, 1.165) is 19.4 Å². The molecule has 2 saturated heterocycles. The molecule has 0 aromatic rings. The zero-order valence-corrected chi connectivity index (χ0v) is 11.8. The van der Waals surface area contributed by atoms with Gasteiger partial charge in [0.2, 0.25) is 11.8 Å². The van der Waals surface area contributed by atoms with E-state index in [1.54, 1.807) is 0 Å². The molecule has 4 nitrogen and oxygen atoms in total. The summed E-state index contributed by atoms with van der Waals surface area (Å²) in [5.74, 6) is 1.03. The third-order valence-corrected chi connectivity index (χ3v) is 5.28. The second-order valence-electron chi connectivity index (χ2n) is 6.31. The molecule has 0 bridgehead atoms. The summed E-state index contributed by atoms with van der Waals surface area (Å²) in [5.41, 5.74) is 0. The summed E-state index contributed by atoms with van der Waals surface area (Å²) in [6, 6.07) is 0.155. The standard InChI is InChI=1S/C15H24N2O2/c1-11(12-5-2-3-6-12)16-10-8-14(18)17-9-4-7-13(17)15(16)19/h11-13H,2-10H2,1H3. The fraction of sp³-hybridized carbons (Fsp3) is 0.867. The van der Waals surface area contributed by atoms with Crippen molar-refractivity contribution in [3.8, 4) is 0 Å². The molecule has 3 rings (SSSR count). The van der Waals surface area contributed by atoms with Crippen LogP contribution in [-0.4, -0.2) is 46.8 Å². The van der Waals surface area contributed by atoms with Gasteiger partial charge in [-0.05, 0) is 38.5 Å². The molecule has 2 amide bonds. The van der Waals surface area contributed by atoms with Crippen molar-refractivity contribution in [1.29, 1.82) is 0 Å². The molecule has 0 N–H and O–H groups in total. The normalized spacial score (nSPS) is 30.7. The first kappa shape index (κ1) is 12.9. The van der Waals surface area contributed by atoms with Crippen LogP contribution in [-0.2, 0) is 9.59 Å². The number of rotatable bonds is 2. The molecule has 2 aliphatic heterocycles. The summed E-state index contributed by atoms with van der Waals surface area (Å²) in [6.07, 6.45) is 7.43. The Balaban J connectivity index is 1.77. The van der Waals surface area contributed by atoms with Crippen LogP contribution in [0.4, 0.5) is 0 Å². The molecule has 0 radical (unpaired) electrons. The largest absolute Gasteiger partial charge is 0.337 e. The number of hydrogen-bond acceptors (Lipinski definition) is 2. The predicted molar refractivity (Wildman–Crippen MR) is 72.5 cm³/mol. The van der Waals surface area contributed by atoms with E-state index >= 15 is 0 Å². The van der Waals surface area contributed by atoms with Crippen molar-refractivity contribution in [3.63, 3.8) is 0 Å². The molecular formula is C15H24N2O2. The van der Waals surface area contributed by atoms with Gasteiger partial charge in [0.25, 0.3) is 0 Å². The van der Waals surface area contributed by atoms with Crippen molar-refractivity contribution in [2.45, 2.75) is 64.0 Å². The van der Waals surface area contributed by atoms with Crippen LogP contribution in [0.5, 0.6) is 0 Å². The van der Waals surface area contributed by atoms with Gasteiger partial charge in [-0.1, -0.05) is 12.8 Å². The van der Waals surface area contributed by atoms with E-state index in [1.807, 2.05) is 9.80 Å². The number of amides is 2. The third kappa shape index (κ3) is 2.26. The van der Waals surface area contributed by atoms with Gasteiger partial charge in [-0.15, -0.1) is 0 Å². The first-order valence-corrected chi connectivity index (χ1v) is 7.78. The molecular weight excluding hydrogens is 240 g/mol. The highest BCUT2D eigenvalue weighted by molar-refractivity contribution is 5.90. The fourth-order valence-corrected chi connectivity index (χ4v) is 4.08. The topological polar surface area (TPSA) is 40.6 Å². The Bertz CT molecular complexity index is 376. The Kier molecular flexibility index (Phi) is 3.50. The van der Waals surface area contributed by atoms with Crippen molar-refractivity contribution in [2.75, 3.05) is 13.1 Å². The van der Waals surface area contributed by atoms with E-state index in [4.69, 9.17) is 0 Å². The van der Waals surface area contributed by atoms with Crippen molar-refractivity contribution in [3.05, 3.63) is 0 Å². The summed E-state index contributed by atoms with van der Waals surface area (Å²) in [7, 11) is 0. The van der Waals surface area contributed by atoms with Gasteiger partial charge in [-0.3, -0.25) is 9.59 Å². The summed E-state index contributed by atoms with van der Waals surface area (Å²) >= 11 is 0. The maximum atomic E-state index is 12.7. The lowest BCUT2D eigenvalue weighted by atomic mass is 9.97. The van der Waals surface area contributed by atoms with Crippen LogP contribution < -0.4 is 0 Å². The first-order valence-electron chi connectivity index (χ1n) is 7.78. The minimum absolute atomic E-state index is 0.154. The average molecular weight is 264 g/mol. The average Bonchev–Trinajstić information content (AvgIpc) is 3.07. The van der Waals surface area contributed by atoms with Gasteiger partial charge in [0.05, 0.1) is 0 Å². The Morgan fingerprint density at radius 1 is 1.05 bits per heavy atom. The van der Waals surface area contributed by atoms with Crippen molar-refractivity contribution >= 4 is 11.8 Å². The molecule has 0 spiro atoms. The monoisotopic (exact) mass is 264 g/mol. The van der Waals surface area contributed by atoms with Crippen LogP contribution in [0.25, 0.3) is 0 Å². The van der Waals surface area contributed by atoms with Crippen LogP contribution >= 0.6 is 0 Å². The number of carbonyl (C=O) groups is 2. The number of carbonyl (C=O) groups excluding carboxylic acids is 2. The summed E-state index contributed by atoms with van der Waals surface area (Å²) in [5, 5.41) is 0. The lowest BCUT2D eigenvalue weighted by Crippen LogP contribution is -2.48. The Hall–Kier alpha value is -1.06. The molecule has 1 saturated carbocycles. The molecule has 3 fully saturated rings. The van der Waals surface area contributed by atoms with Crippen molar-refractivity contribution in [2.24, 2.45) is 5.92 Å². The van der Waals surface area contributed by atoms with Crippen molar-refractivity contribution < 1.29 is 9.59 Å². The number of nitrogens with zero attached hydrogens (tertiary/aromatic N) is 2. The maximum Gasteiger partial charge on any atom is 0.245 e. The SMILES string of the molecule is CC(C1CCCC1)N1CCC(=O)N2CCCC2C1=O.